The average Bonchev–Trinajstić information content (AvgIpc) is 3.77. The second-order valence-electron chi connectivity index (χ2n) is 15.5. The van der Waals surface area contributed by atoms with Crippen LogP contribution in [0.1, 0.15) is 5.56 Å². The third-order valence-electron chi connectivity index (χ3n) is 11.2. The fourth-order valence-corrected chi connectivity index (χ4v) is 7.91. The van der Waals surface area contributed by atoms with Crippen molar-refractivity contribution in [1.29, 1.82) is 0 Å². The van der Waals surface area contributed by atoms with Gasteiger partial charge in [0.25, 0.3) is 0 Å². The van der Waals surface area contributed by atoms with Crippen LogP contribution in [0.4, 0.5) is 0 Å². The average molecular weight is 823 g/mol. The van der Waals surface area contributed by atoms with Crippen molar-refractivity contribution in [3.05, 3.63) is 218 Å². The molecule has 0 N–H and O–H groups in total. The monoisotopic (exact) mass is 822 g/mol. The maximum absolute atomic E-state index is 5.14. The molecule has 8 aromatic carbocycles. The van der Waals surface area contributed by atoms with Gasteiger partial charge in [0, 0.05) is 44.6 Å². The van der Waals surface area contributed by atoms with Crippen LogP contribution in [0, 0.1) is 6.92 Å². The molecule has 0 aliphatic rings. The zero-order valence-corrected chi connectivity index (χ0v) is 34.8. The van der Waals surface area contributed by atoms with Crippen molar-refractivity contribution in [3.63, 3.8) is 0 Å². The highest BCUT2D eigenvalue weighted by Crippen LogP contribution is 2.36. The standard InChI is InChI=1S/C56H38N8/c1-37-26-32-47(33-27-37)64-49-25-15-14-24-48(49)57-56(64)43-30-28-38(29-31-43)44-34-45(54-60-50(39-16-6-2-7-17-39)58-51(61-54)40-18-8-3-9-19-40)36-46(35-44)55-62-52(41-20-10-4-11-21-41)59-53(63-55)42-22-12-5-13-23-42/h2-36H,1H3. The van der Waals surface area contributed by atoms with Crippen LogP contribution in [0.25, 0.3) is 108 Å². The van der Waals surface area contributed by atoms with Crippen molar-refractivity contribution in [1.82, 2.24) is 39.5 Å². The zero-order chi connectivity index (χ0) is 42.8. The fourth-order valence-electron chi connectivity index (χ4n) is 7.91. The lowest BCUT2D eigenvalue weighted by atomic mass is 9.97. The summed E-state index contributed by atoms with van der Waals surface area (Å²) in [6.45, 7) is 2.10. The van der Waals surface area contributed by atoms with E-state index in [0.717, 1.165) is 72.6 Å². The molecule has 3 aromatic heterocycles. The Morgan fingerprint density at radius 2 is 0.641 bits per heavy atom. The molecule has 0 aliphatic heterocycles. The molecule has 8 heteroatoms. The van der Waals surface area contributed by atoms with E-state index in [1.165, 1.54) is 5.56 Å². The molecule has 11 rings (SSSR count). The van der Waals surface area contributed by atoms with Crippen molar-refractivity contribution in [2.24, 2.45) is 0 Å². The minimum absolute atomic E-state index is 0.528. The lowest BCUT2D eigenvalue weighted by molar-refractivity contribution is 1.07. The van der Waals surface area contributed by atoms with E-state index in [4.69, 9.17) is 34.9 Å². The summed E-state index contributed by atoms with van der Waals surface area (Å²) in [6.07, 6.45) is 0. The van der Waals surface area contributed by atoms with Crippen LogP contribution in [-0.2, 0) is 0 Å². The van der Waals surface area contributed by atoms with E-state index in [-0.39, 0.29) is 0 Å². The third kappa shape index (κ3) is 7.61. The number of nitrogens with zero attached hydrogens (tertiary/aromatic N) is 8. The Bertz CT molecular complexity index is 3150. The predicted octanol–water partition coefficient (Wildman–Crippen LogP) is 13.0. The highest BCUT2D eigenvalue weighted by molar-refractivity contribution is 5.85. The molecule has 8 nitrogen and oxygen atoms in total. The van der Waals surface area contributed by atoms with Crippen molar-refractivity contribution >= 4 is 11.0 Å². The van der Waals surface area contributed by atoms with Crippen LogP contribution in [0.2, 0.25) is 0 Å². The number of aromatic nitrogens is 8. The number of imidazole rings is 1. The van der Waals surface area contributed by atoms with E-state index in [2.05, 4.69) is 96.4 Å². The lowest BCUT2D eigenvalue weighted by Gasteiger charge is -2.14. The molecule has 0 saturated carbocycles. The quantitative estimate of drug-likeness (QED) is 0.143. The third-order valence-corrected chi connectivity index (χ3v) is 11.2. The molecule has 0 fully saturated rings. The summed E-state index contributed by atoms with van der Waals surface area (Å²) < 4.78 is 2.23. The van der Waals surface area contributed by atoms with Crippen molar-refractivity contribution in [3.8, 4) is 96.5 Å². The van der Waals surface area contributed by atoms with Gasteiger partial charge in [0.2, 0.25) is 0 Å². The molecule has 0 aliphatic carbocycles. The second kappa shape index (κ2) is 16.6. The molecule has 64 heavy (non-hydrogen) atoms. The number of para-hydroxylation sites is 2. The molecule has 0 radical (unpaired) electrons. The van der Waals surface area contributed by atoms with E-state index in [1.807, 2.05) is 127 Å². The van der Waals surface area contributed by atoms with Gasteiger partial charge < -0.3 is 0 Å². The summed E-state index contributed by atoms with van der Waals surface area (Å²) in [5.74, 6) is 4.24. The summed E-state index contributed by atoms with van der Waals surface area (Å²) in [6, 6.07) is 71.8. The van der Waals surface area contributed by atoms with Gasteiger partial charge in [-0.15, -0.1) is 0 Å². The Labute approximate surface area is 370 Å². The maximum atomic E-state index is 5.14. The van der Waals surface area contributed by atoms with Crippen LogP contribution in [0.5, 0.6) is 0 Å². The molecule has 0 amide bonds. The van der Waals surface area contributed by atoms with Gasteiger partial charge >= 0.3 is 0 Å². The van der Waals surface area contributed by atoms with E-state index in [1.54, 1.807) is 0 Å². The van der Waals surface area contributed by atoms with Gasteiger partial charge in [0.15, 0.2) is 34.9 Å². The molecular weight excluding hydrogens is 785 g/mol. The largest absolute Gasteiger partial charge is 0.292 e. The Morgan fingerprint density at radius 3 is 1.08 bits per heavy atom. The predicted molar refractivity (Wildman–Crippen MR) is 256 cm³/mol. The summed E-state index contributed by atoms with van der Waals surface area (Å²) in [7, 11) is 0. The van der Waals surface area contributed by atoms with Gasteiger partial charge in [-0.05, 0) is 60.5 Å². The van der Waals surface area contributed by atoms with E-state index < -0.39 is 0 Å². The highest BCUT2D eigenvalue weighted by atomic mass is 15.1. The fraction of sp³-hybridized carbons (Fsp3) is 0.0179. The topological polar surface area (TPSA) is 95.2 Å². The molecule has 0 unspecified atom stereocenters. The first-order chi connectivity index (χ1) is 31.6. The van der Waals surface area contributed by atoms with Crippen LogP contribution in [0.3, 0.4) is 0 Å². The molecular formula is C56H38N8. The summed E-state index contributed by atoms with van der Waals surface area (Å²) in [4.78, 5) is 35.6. The van der Waals surface area contributed by atoms with Crippen LogP contribution in [-0.4, -0.2) is 39.5 Å². The zero-order valence-electron chi connectivity index (χ0n) is 34.8. The first-order valence-electron chi connectivity index (χ1n) is 21.1. The molecule has 11 aromatic rings. The highest BCUT2D eigenvalue weighted by Gasteiger charge is 2.19. The Hall–Kier alpha value is -8.75. The van der Waals surface area contributed by atoms with Crippen LogP contribution in [0.15, 0.2) is 212 Å². The first kappa shape index (κ1) is 38.2. The van der Waals surface area contributed by atoms with E-state index in [9.17, 15) is 0 Å². The number of hydrogen-bond donors (Lipinski definition) is 0. The number of fused-ring (bicyclic) bond motifs is 1. The van der Waals surface area contributed by atoms with Crippen molar-refractivity contribution in [2.75, 3.05) is 0 Å². The number of hydrogen-bond acceptors (Lipinski definition) is 7. The smallest absolute Gasteiger partial charge is 0.164 e. The maximum Gasteiger partial charge on any atom is 0.164 e. The molecule has 3 heterocycles. The number of rotatable bonds is 9. The van der Waals surface area contributed by atoms with Gasteiger partial charge in [-0.1, -0.05) is 175 Å². The normalized spacial score (nSPS) is 11.2. The van der Waals surface area contributed by atoms with Crippen molar-refractivity contribution in [2.45, 2.75) is 6.92 Å². The SMILES string of the molecule is Cc1ccc(-n2c(-c3ccc(-c4cc(-c5nc(-c6ccccc6)nc(-c6ccccc6)n5)cc(-c5nc(-c6ccccc6)nc(-c6ccccc6)n5)c4)cc3)nc3ccccc32)cc1. The Balaban J connectivity index is 1.10. The van der Waals surface area contributed by atoms with Crippen molar-refractivity contribution < 1.29 is 0 Å². The molecule has 0 bridgehead atoms. The van der Waals surface area contributed by atoms with Gasteiger partial charge in [0.1, 0.15) is 5.82 Å². The van der Waals surface area contributed by atoms with Crippen LogP contribution < -0.4 is 0 Å². The van der Waals surface area contributed by atoms with E-state index in [0.29, 0.717) is 34.9 Å². The minimum Gasteiger partial charge on any atom is -0.292 e. The van der Waals surface area contributed by atoms with Crippen LogP contribution >= 0.6 is 0 Å². The van der Waals surface area contributed by atoms with Gasteiger partial charge in [0.05, 0.1) is 11.0 Å². The molecule has 0 spiro atoms. The lowest BCUT2D eigenvalue weighted by Crippen LogP contribution is -2.02. The first-order valence-corrected chi connectivity index (χ1v) is 21.1. The molecule has 302 valence electrons. The summed E-state index contributed by atoms with van der Waals surface area (Å²) in [5.41, 5.74) is 12.3. The van der Waals surface area contributed by atoms with Gasteiger partial charge in [-0.3, -0.25) is 4.57 Å². The minimum atomic E-state index is 0.528. The Morgan fingerprint density at radius 1 is 0.281 bits per heavy atom. The number of aryl methyl sites for hydroxylation is 1. The second-order valence-corrected chi connectivity index (χ2v) is 15.5. The number of benzene rings is 8. The van der Waals surface area contributed by atoms with Gasteiger partial charge in [-0.2, -0.15) is 0 Å². The Kier molecular flexibility index (Phi) is 9.91. The molecule has 0 saturated heterocycles. The summed E-state index contributed by atoms with van der Waals surface area (Å²) in [5, 5.41) is 0. The molecule has 0 atom stereocenters. The summed E-state index contributed by atoms with van der Waals surface area (Å²) >= 11 is 0. The van der Waals surface area contributed by atoms with E-state index >= 15 is 0 Å². The van der Waals surface area contributed by atoms with Gasteiger partial charge in [-0.25, -0.2) is 34.9 Å².